The molecule has 1 atom stereocenters. The number of benzene rings is 1. The molecule has 8 heteroatoms. The zero-order valence-corrected chi connectivity index (χ0v) is 10.3. The minimum absolute atomic E-state index is 0.0195. The van der Waals surface area contributed by atoms with E-state index >= 15 is 0 Å². The van der Waals surface area contributed by atoms with Crippen LogP contribution in [0, 0.1) is 5.92 Å². The molecule has 0 bridgehead atoms. The number of nitrogen functional groups attached to an aromatic ring is 1. The van der Waals surface area contributed by atoms with Crippen LogP contribution in [0.4, 0.5) is 18.9 Å². The highest BCUT2D eigenvalue weighted by Gasteiger charge is 2.43. The second-order valence-corrected chi connectivity index (χ2v) is 4.23. The summed E-state index contributed by atoms with van der Waals surface area (Å²) in [6.45, 7) is -0.730. The second kappa shape index (κ2) is 6.38. The highest BCUT2D eigenvalue weighted by molar-refractivity contribution is 5.87. The molecule has 0 spiro atoms. The van der Waals surface area contributed by atoms with Crippen molar-refractivity contribution in [2.45, 2.75) is 12.6 Å². The van der Waals surface area contributed by atoms with Crippen LogP contribution >= 0.6 is 0 Å². The number of carbonyl (C=O) groups is 2. The van der Waals surface area contributed by atoms with Gasteiger partial charge in [0.25, 0.3) is 0 Å². The van der Waals surface area contributed by atoms with E-state index in [1.165, 1.54) is 24.3 Å². The first-order chi connectivity index (χ1) is 9.24. The largest absolute Gasteiger partial charge is 0.450 e. The van der Waals surface area contributed by atoms with Crippen molar-refractivity contribution in [3.8, 4) is 0 Å². The van der Waals surface area contributed by atoms with Crippen LogP contribution in [0.3, 0.4) is 0 Å². The van der Waals surface area contributed by atoms with Gasteiger partial charge in [0.2, 0.25) is 12.2 Å². The van der Waals surface area contributed by atoms with Crippen molar-refractivity contribution in [1.82, 2.24) is 5.06 Å². The van der Waals surface area contributed by atoms with Crippen LogP contribution in [0.5, 0.6) is 0 Å². The highest BCUT2D eigenvalue weighted by Crippen LogP contribution is 2.24. The summed E-state index contributed by atoms with van der Waals surface area (Å²) in [5, 5.41) is 9.01. The van der Waals surface area contributed by atoms with Gasteiger partial charge in [0.1, 0.15) is 0 Å². The van der Waals surface area contributed by atoms with Crippen LogP contribution in [0.25, 0.3) is 0 Å². The normalized spacial score (nSPS) is 12.8. The zero-order valence-electron chi connectivity index (χ0n) is 10.3. The molecule has 0 radical (unpaired) electrons. The van der Waals surface area contributed by atoms with Gasteiger partial charge in [0.05, 0.1) is 12.5 Å². The minimum Gasteiger partial charge on any atom is -0.399 e. The number of anilines is 1. The fourth-order valence-electron chi connectivity index (χ4n) is 1.68. The SMILES string of the molecule is Nc1ccc(CC(CN(O)C=O)C(=O)C(F)(F)F)cc1. The Morgan fingerprint density at radius 2 is 1.90 bits per heavy atom. The van der Waals surface area contributed by atoms with Crippen LogP contribution in [-0.4, -0.2) is 35.2 Å². The number of Topliss-reactive ketones (excluding diaryl/α,β-unsaturated/α-hetero) is 1. The van der Waals surface area contributed by atoms with E-state index in [1.807, 2.05) is 0 Å². The number of hydrogen-bond donors (Lipinski definition) is 2. The minimum atomic E-state index is -5.03. The Kier molecular flexibility index (Phi) is 5.09. The molecule has 0 aliphatic rings. The maximum Gasteiger partial charge on any atom is 0.450 e. The second-order valence-electron chi connectivity index (χ2n) is 4.23. The molecule has 0 fully saturated rings. The van der Waals surface area contributed by atoms with Crippen molar-refractivity contribution in [1.29, 1.82) is 0 Å². The summed E-state index contributed by atoms with van der Waals surface area (Å²) in [5.41, 5.74) is 6.33. The lowest BCUT2D eigenvalue weighted by Gasteiger charge is -2.20. The molecule has 0 heterocycles. The van der Waals surface area contributed by atoms with E-state index < -0.39 is 24.4 Å². The molecule has 20 heavy (non-hydrogen) atoms. The number of ketones is 1. The number of carbonyl (C=O) groups excluding carboxylic acids is 2. The van der Waals surface area contributed by atoms with Crippen molar-refractivity contribution in [2.24, 2.45) is 5.92 Å². The smallest absolute Gasteiger partial charge is 0.399 e. The fourth-order valence-corrected chi connectivity index (χ4v) is 1.68. The maximum absolute atomic E-state index is 12.5. The Morgan fingerprint density at radius 3 is 2.35 bits per heavy atom. The molecule has 110 valence electrons. The first-order valence-corrected chi connectivity index (χ1v) is 5.60. The fraction of sp³-hybridized carbons (Fsp3) is 0.333. The molecule has 3 N–H and O–H groups in total. The zero-order chi connectivity index (χ0) is 15.3. The molecule has 1 aromatic rings. The van der Waals surface area contributed by atoms with E-state index in [0.717, 1.165) is 0 Å². The Labute approximate surface area is 112 Å². The topological polar surface area (TPSA) is 83.6 Å². The molecule has 1 rings (SSSR count). The van der Waals surface area contributed by atoms with Gasteiger partial charge in [0, 0.05) is 5.69 Å². The number of amides is 1. The highest BCUT2D eigenvalue weighted by atomic mass is 19.4. The number of rotatable bonds is 6. The molecule has 0 aromatic heterocycles. The first kappa shape index (κ1) is 16.0. The molecule has 1 aromatic carbocycles. The van der Waals surface area contributed by atoms with E-state index in [2.05, 4.69) is 0 Å². The quantitative estimate of drug-likeness (QED) is 0.359. The van der Waals surface area contributed by atoms with Gasteiger partial charge in [-0.2, -0.15) is 13.2 Å². The Bertz CT molecular complexity index is 474. The van der Waals surface area contributed by atoms with Crippen molar-refractivity contribution in [3.05, 3.63) is 29.8 Å². The van der Waals surface area contributed by atoms with Gasteiger partial charge >= 0.3 is 6.18 Å². The molecule has 0 aliphatic carbocycles. The van der Waals surface area contributed by atoms with Crippen LogP contribution in [0.1, 0.15) is 5.56 Å². The summed E-state index contributed by atoms with van der Waals surface area (Å²) in [6, 6.07) is 5.94. The summed E-state index contributed by atoms with van der Waals surface area (Å²) in [7, 11) is 0. The Hall–Kier alpha value is -2.09. The van der Waals surface area contributed by atoms with Crippen molar-refractivity contribution in [3.63, 3.8) is 0 Å². The number of hydroxylamine groups is 2. The van der Waals surface area contributed by atoms with Gasteiger partial charge in [-0.25, -0.2) is 5.06 Å². The summed E-state index contributed by atoms with van der Waals surface area (Å²) in [5.74, 6) is -3.57. The number of hydrogen-bond acceptors (Lipinski definition) is 4. The van der Waals surface area contributed by atoms with Crippen LogP contribution in [-0.2, 0) is 16.0 Å². The van der Waals surface area contributed by atoms with E-state index in [4.69, 9.17) is 10.9 Å². The maximum atomic E-state index is 12.5. The van der Waals surface area contributed by atoms with Crippen LogP contribution in [0.15, 0.2) is 24.3 Å². The predicted molar refractivity (Wildman–Crippen MR) is 63.7 cm³/mol. The summed E-state index contributed by atoms with van der Waals surface area (Å²) >= 11 is 0. The van der Waals surface area contributed by atoms with E-state index in [-0.39, 0.29) is 17.9 Å². The molecule has 0 aliphatic heterocycles. The lowest BCUT2D eigenvalue weighted by molar-refractivity contribution is -0.180. The number of nitrogens with two attached hydrogens (primary N) is 1. The van der Waals surface area contributed by atoms with Gasteiger partial charge in [-0.1, -0.05) is 12.1 Å². The van der Waals surface area contributed by atoms with Crippen molar-refractivity contribution in [2.75, 3.05) is 12.3 Å². The number of halogens is 3. The molecule has 1 amide bonds. The molecule has 0 saturated heterocycles. The van der Waals surface area contributed by atoms with Crippen LogP contribution < -0.4 is 5.73 Å². The molecular weight excluding hydrogens is 277 g/mol. The Balaban J connectivity index is 2.90. The molecule has 1 unspecified atom stereocenters. The van der Waals surface area contributed by atoms with E-state index in [0.29, 0.717) is 11.3 Å². The van der Waals surface area contributed by atoms with Gasteiger partial charge in [0.15, 0.2) is 0 Å². The molecular formula is C12H13F3N2O3. The third kappa shape index (κ3) is 4.54. The van der Waals surface area contributed by atoms with Gasteiger partial charge < -0.3 is 5.73 Å². The predicted octanol–water partition coefficient (Wildman–Crippen LogP) is 1.41. The monoisotopic (exact) mass is 290 g/mol. The number of alkyl halides is 3. The summed E-state index contributed by atoms with van der Waals surface area (Å²) < 4.78 is 37.4. The summed E-state index contributed by atoms with van der Waals surface area (Å²) in [6.07, 6.45) is -5.34. The first-order valence-electron chi connectivity index (χ1n) is 5.60. The van der Waals surface area contributed by atoms with E-state index in [9.17, 15) is 22.8 Å². The molecule has 5 nitrogen and oxygen atoms in total. The van der Waals surface area contributed by atoms with E-state index in [1.54, 1.807) is 0 Å². The lowest BCUT2D eigenvalue weighted by atomic mass is 9.94. The van der Waals surface area contributed by atoms with Crippen molar-refractivity contribution >= 4 is 17.9 Å². The standard InChI is InChI=1S/C12H13F3N2O3/c13-12(14,15)11(19)9(6-17(20)7-18)5-8-1-3-10(16)4-2-8/h1-4,7,9,20H,5-6,16H2. The van der Waals surface area contributed by atoms with Crippen molar-refractivity contribution < 1.29 is 28.0 Å². The summed E-state index contributed by atoms with van der Waals surface area (Å²) in [4.78, 5) is 21.6. The van der Waals surface area contributed by atoms with Crippen LogP contribution in [0.2, 0.25) is 0 Å². The Morgan fingerprint density at radius 1 is 1.35 bits per heavy atom. The van der Waals surface area contributed by atoms with Gasteiger partial charge in [-0.15, -0.1) is 0 Å². The van der Waals surface area contributed by atoms with Gasteiger partial charge in [-0.3, -0.25) is 14.8 Å². The third-order valence-electron chi connectivity index (χ3n) is 2.64. The third-order valence-corrected chi connectivity index (χ3v) is 2.64. The molecule has 0 saturated carbocycles. The van der Waals surface area contributed by atoms with Gasteiger partial charge in [-0.05, 0) is 24.1 Å². The lowest BCUT2D eigenvalue weighted by Crippen LogP contribution is -2.38. The number of nitrogens with zero attached hydrogens (tertiary/aromatic N) is 1. The average Bonchev–Trinajstić information content (AvgIpc) is 2.38. The average molecular weight is 290 g/mol.